The number of urea groups is 1. The van der Waals surface area contributed by atoms with Gasteiger partial charge in [0.05, 0.1) is 27.8 Å². The van der Waals surface area contributed by atoms with Gasteiger partial charge in [-0.2, -0.15) is 4.68 Å². The fourth-order valence-corrected chi connectivity index (χ4v) is 4.54. The number of tetrazole rings is 1. The lowest BCUT2D eigenvalue weighted by atomic mass is 10.0. The highest BCUT2D eigenvalue weighted by atomic mass is 35.5. The minimum Gasteiger partial charge on any atom is -0.330 e. The highest BCUT2D eigenvalue weighted by Gasteiger charge is 2.23. The van der Waals surface area contributed by atoms with Crippen LogP contribution >= 0.6 is 34.5 Å². The Labute approximate surface area is 203 Å². The van der Waals surface area contributed by atoms with Crippen molar-refractivity contribution >= 4 is 52.0 Å². The van der Waals surface area contributed by atoms with E-state index in [1.807, 2.05) is 13.0 Å². The molecule has 0 atom stereocenters. The molecule has 4 aromatic rings. The van der Waals surface area contributed by atoms with Crippen LogP contribution in [0.3, 0.4) is 0 Å². The summed E-state index contributed by atoms with van der Waals surface area (Å²) in [6, 6.07) is 15.1. The van der Waals surface area contributed by atoms with E-state index in [9.17, 15) is 9.59 Å². The van der Waals surface area contributed by atoms with E-state index >= 15 is 0 Å². The summed E-state index contributed by atoms with van der Waals surface area (Å²) in [5, 5.41) is 18.5. The molecule has 2 aromatic carbocycles. The van der Waals surface area contributed by atoms with Gasteiger partial charge in [-0.15, -0.1) is 16.4 Å². The van der Waals surface area contributed by atoms with Crippen LogP contribution in [0.25, 0.3) is 5.00 Å². The van der Waals surface area contributed by atoms with E-state index in [1.54, 1.807) is 48.5 Å². The molecule has 0 aliphatic heterocycles. The first-order chi connectivity index (χ1) is 16.0. The maximum Gasteiger partial charge on any atom is 0.319 e. The van der Waals surface area contributed by atoms with Crippen LogP contribution < -0.4 is 10.6 Å². The number of anilines is 1. The van der Waals surface area contributed by atoms with E-state index in [0.717, 1.165) is 11.3 Å². The molecule has 4 rings (SSSR count). The van der Waals surface area contributed by atoms with Gasteiger partial charge >= 0.3 is 6.03 Å². The molecule has 2 aromatic heterocycles. The third kappa shape index (κ3) is 5.05. The molecule has 2 amide bonds. The zero-order valence-electron chi connectivity index (χ0n) is 17.4. The Morgan fingerprint density at radius 2 is 1.76 bits per heavy atom. The molecule has 0 saturated carbocycles. The van der Waals surface area contributed by atoms with E-state index in [4.69, 9.17) is 23.2 Å². The lowest BCUT2D eigenvalue weighted by Crippen LogP contribution is -2.29. The van der Waals surface area contributed by atoms with Gasteiger partial charge < -0.3 is 10.6 Å². The van der Waals surface area contributed by atoms with Crippen molar-refractivity contribution in [1.29, 1.82) is 0 Å². The number of carbonyl (C=O) groups excluding carboxylic acids is 2. The zero-order chi connectivity index (χ0) is 23.4. The van der Waals surface area contributed by atoms with Gasteiger partial charge in [0.15, 0.2) is 11.6 Å². The number of aryl methyl sites for hydroxylation is 1. The maximum atomic E-state index is 13.3. The van der Waals surface area contributed by atoms with Gasteiger partial charge in [-0.1, -0.05) is 54.4 Å². The quantitative estimate of drug-likeness (QED) is 0.341. The van der Waals surface area contributed by atoms with Crippen LogP contribution in [0.4, 0.5) is 10.5 Å². The van der Waals surface area contributed by atoms with Gasteiger partial charge in [0.1, 0.15) is 5.00 Å². The number of ketones is 1. The van der Waals surface area contributed by atoms with E-state index in [1.165, 1.54) is 16.0 Å². The van der Waals surface area contributed by atoms with Crippen LogP contribution in [-0.4, -0.2) is 32.0 Å². The second kappa shape index (κ2) is 10.1. The van der Waals surface area contributed by atoms with Crippen LogP contribution in [0, 0.1) is 0 Å². The predicted octanol–water partition coefficient (Wildman–Crippen LogP) is 5.15. The van der Waals surface area contributed by atoms with Crippen molar-refractivity contribution in [3.8, 4) is 5.00 Å². The third-order valence-electron chi connectivity index (χ3n) is 4.73. The van der Waals surface area contributed by atoms with Crippen LogP contribution in [-0.2, 0) is 13.0 Å². The molecule has 8 nitrogen and oxygen atoms in total. The molecule has 2 heterocycles. The predicted molar refractivity (Wildman–Crippen MR) is 129 cm³/mol. The van der Waals surface area contributed by atoms with Crippen LogP contribution in [0.2, 0.25) is 10.0 Å². The summed E-state index contributed by atoms with van der Waals surface area (Å²) in [5.41, 5.74) is 1.32. The molecular formula is C22H18Cl2N6O2S. The minimum absolute atomic E-state index is 0.0301. The summed E-state index contributed by atoms with van der Waals surface area (Å²) >= 11 is 13.7. The second-order valence-corrected chi connectivity index (χ2v) is 8.82. The molecule has 0 spiro atoms. The number of nitrogens with one attached hydrogen (secondary N) is 2. The number of nitrogens with zero attached hydrogens (tertiary/aromatic N) is 4. The number of benzene rings is 2. The monoisotopic (exact) mass is 500 g/mol. The number of carbonyl (C=O) groups is 2. The van der Waals surface area contributed by atoms with E-state index in [2.05, 4.69) is 26.2 Å². The van der Waals surface area contributed by atoms with Crippen molar-refractivity contribution in [2.45, 2.75) is 19.9 Å². The molecule has 2 N–H and O–H groups in total. The Kier molecular flexibility index (Phi) is 7.02. The normalized spacial score (nSPS) is 10.8. The number of aromatic nitrogens is 4. The Morgan fingerprint density at radius 1 is 1.03 bits per heavy atom. The fourth-order valence-electron chi connectivity index (χ4n) is 3.08. The first-order valence-corrected chi connectivity index (χ1v) is 11.5. The molecule has 0 radical (unpaired) electrons. The molecule has 0 saturated heterocycles. The van der Waals surface area contributed by atoms with Crippen molar-refractivity contribution < 1.29 is 9.59 Å². The molecule has 33 heavy (non-hydrogen) atoms. The van der Waals surface area contributed by atoms with Crippen molar-refractivity contribution in [3.05, 3.63) is 86.5 Å². The number of thiophene rings is 1. The number of para-hydroxylation sites is 1. The molecule has 11 heteroatoms. The number of amides is 2. The van der Waals surface area contributed by atoms with Gasteiger partial charge in [0, 0.05) is 10.4 Å². The molecule has 0 fully saturated rings. The SMILES string of the molecule is CCc1cc(C(=O)c2ccccc2Cl)c(-n2nnnc2CNC(=O)Nc2ccccc2Cl)s1. The third-order valence-corrected chi connectivity index (χ3v) is 6.64. The van der Waals surface area contributed by atoms with Gasteiger partial charge in [-0.25, -0.2) is 4.79 Å². The molecule has 0 aliphatic carbocycles. The van der Waals surface area contributed by atoms with E-state index in [0.29, 0.717) is 37.7 Å². The number of hydrogen-bond donors (Lipinski definition) is 2. The van der Waals surface area contributed by atoms with E-state index in [-0.39, 0.29) is 12.3 Å². The highest BCUT2D eigenvalue weighted by molar-refractivity contribution is 7.15. The molecule has 168 valence electrons. The Morgan fingerprint density at radius 3 is 2.48 bits per heavy atom. The molecular weight excluding hydrogens is 483 g/mol. The van der Waals surface area contributed by atoms with Crippen molar-refractivity contribution in [1.82, 2.24) is 25.5 Å². The topological polar surface area (TPSA) is 102 Å². The molecule has 0 aliphatic rings. The van der Waals surface area contributed by atoms with Crippen LogP contribution in [0.15, 0.2) is 54.6 Å². The van der Waals surface area contributed by atoms with Crippen molar-refractivity contribution in [2.24, 2.45) is 0 Å². The summed E-state index contributed by atoms with van der Waals surface area (Å²) in [5.74, 6) is 0.138. The largest absolute Gasteiger partial charge is 0.330 e. The summed E-state index contributed by atoms with van der Waals surface area (Å²) in [6.07, 6.45) is 0.740. The lowest BCUT2D eigenvalue weighted by Gasteiger charge is -2.09. The number of hydrogen-bond acceptors (Lipinski definition) is 6. The number of rotatable bonds is 7. The molecule has 0 bridgehead atoms. The smallest absolute Gasteiger partial charge is 0.319 e. The second-order valence-electron chi connectivity index (χ2n) is 6.89. The van der Waals surface area contributed by atoms with Gasteiger partial charge in [0.2, 0.25) is 0 Å². The van der Waals surface area contributed by atoms with Crippen LogP contribution in [0.5, 0.6) is 0 Å². The maximum absolute atomic E-state index is 13.3. The summed E-state index contributed by atoms with van der Waals surface area (Å²) < 4.78 is 1.46. The average molecular weight is 501 g/mol. The highest BCUT2D eigenvalue weighted by Crippen LogP contribution is 2.30. The number of halogens is 2. The zero-order valence-corrected chi connectivity index (χ0v) is 19.7. The van der Waals surface area contributed by atoms with Crippen LogP contribution in [0.1, 0.15) is 33.5 Å². The Bertz CT molecular complexity index is 1320. The first-order valence-electron chi connectivity index (χ1n) is 9.97. The Hall–Kier alpha value is -3.27. The summed E-state index contributed by atoms with van der Waals surface area (Å²) in [4.78, 5) is 26.6. The van der Waals surface area contributed by atoms with Gasteiger partial charge in [-0.05, 0) is 47.2 Å². The van der Waals surface area contributed by atoms with Crippen molar-refractivity contribution in [2.75, 3.05) is 5.32 Å². The summed E-state index contributed by atoms with van der Waals surface area (Å²) in [6.45, 7) is 2.03. The van der Waals surface area contributed by atoms with E-state index < -0.39 is 6.03 Å². The molecule has 0 unspecified atom stereocenters. The summed E-state index contributed by atoms with van der Waals surface area (Å²) in [7, 11) is 0. The standard InChI is InChI=1S/C22H18Cl2N6O2S/c1-2-13-11-15(20(31)14-7-3-4-8-16(14)23)21(33-13)30-19(27-28-29-30)12-25-22(32)26-18-10-6-5-9-17(18)24/h3-11H,2,12H2,1H3,(H2,25,26,32). The fraction of sp³-hybridized carbons (Fsp3) is 0.136. The Balaban J connectivity index is 1.58. The minimum atomic E-state index is -0.467. The lowest BCUT2D eigenvalue weighted by molar-refractivity contribution is 0.103. The van der Waals surface area contributed by atoms with Crippen molar-refractivity contribution in [3.63, 3.8) is 0 Å². The first kappa shape index (κ1) is 22.9. The van der Waals surface area contributed by atoms with Gasteiger partial charge in [0.25, 0.3) is 0 Å². The van der Waals surface area contributed by atoms with Gasteiger partial charge in [-0.3, -0.25) is 4.79 Å². The average Bonchev–Trinajstić information content (AvgIpc) is 3.45.